The first-order chi connectivity index (χ1) is 14.9. The van der Waals surface area contributed by atoms with Gasteiger partial charge in [0.25, 0.3) is 5.91 Å². The van der Waals surface area contributed by atoms with Crippen molar-refractivity contribution in [3.8, 4) is 0 Å². The normalized spacial score (nSPS) is 19.7. The predicted molar refractivity (Wildman–Crippen MR) is 126 cm³/mol. The van der Waals surface area contributed by atoms with Crippen LogP contribution in [0.3, 0.4) is 0 Å². The largest absolute Gasteiger partial charge is 0.390 e. The molecule has 1 aliphatic rings. The average Bonchev–Trinajstić information content (AvgIpc) is 3.10. The van der Waals surface area contributed by atoms with Gasteiger partial charge in [-0.3, -0.25) is 9.59 Å². The fourth-order valence-electron chi connectivity index (χ4n) is 3.64. The third kappa shape index (κ3) is 4.49. The van der Waals surface area contributed by atoms with Crippen molar-refractivity contribution < 1.29 is 19.4 Å². The van der Waals surface area contributed by atoms with Gasteiger partial charge in [0.15, 0.2) is 0 Å². The zero-order valence-electron chi connectivity index (χ0n) is 19.6. The Morgan fingerprint density at radius 1 is 1.25 bits per heavy atom. The zero-order valence-corrected chi connectivity index (χ0v) is 19.6. The SMILES string of the molecule is C=CC(C)(C)c1[nH]c2ccc(C[C@H](O)C(C)(C)OC)cc2c1/C=C1\NC(=O)[C@H](C)NC1=O. The van der Waals surface area contributed by atoms with Crippen molar-refractivity contribution in [2.45, 2.75) is 64.2 Å². The van der Waals surface area contributed by atoms with Gasteiger partial charge in [0.2, 0.25) is 5.91 Å². The van der Waals surface area contributed by atoms with Gasteiger partial charge in [-0.1, -0.05) is 26.0 Å². The maximum absolute atomic E-state index is 12.5. The molecule has 2 heterocycles. The summed E-state index contributed by atoms with van der Waals surface area (Å²) in [7, 11) is 1.58. The standard InChI is InChI=1S/C25H33N3O4/c1-8-24(3,4)21-17(13-19-23(31)26-14(2)22(30)28-19)16-11-15(9-10-18(16)27-21)12-20(29)25(5,6)32-7/h8-11,13-14,20,27,29H,1,12H2,2-7H3,(H,26,31)(H,28,30)/b19-13-/t14-,20-/m0/s1. The molecule has 7 heteroatoms. The number of rotatable bonds is 7. The minimum Gasteiger partial charge on any atom is -0.390 e. The third-order valence-electron chi connectivity index (χ3n) is 6.35. The highest BCUT2D eigenvalue weighted by Gasteiger charge is 2.30. The van der Waals surface area contributed by atoms with Crippen LogP contribution in [-0.4, -0.2) is 46.8 Å². The molecule has 2 aromatic rings. The number of aromatic amines is 1. The number of benzene rings is 1. The Hall–Kier alpha value is -2.90. The van der Waals surface area contributed by atoms with Crippen molar-refractivity contribution in [2.75, 3.05) is 7.11 Å². The van der Waals surface area contributed by atoms with Crippen LogP contribution >= 0.6 is 0 Å². The Balaban J connectivity index is 2.14. The number of aromatic nitrogens is 1. The molecule has 7 nitrogen and oxygen atoms in total. The van der Waals surface area contributed by atoms with Crippen LogP contribution < -0.4 is 10.6 Å². The van der Waals surface area contributed by atoms with Gasteiger partial charge in [-0.2, -0.15) is 0 Å². The number of hydrogen-bond acceptors (Lipinski definition) is 4. The van der Waals surface area contributed by atoms with E-state index < -0.39 is 23.2 Å². The molecule has 1 saturated heterocycles. The highest BCUT2D eigenvalue weighted by Crippen LogP contribution is 2.35. The second-order valence-corrected chi connectivity index (χ2v) is 9.49. The van der Waals surface area contributed by atoms with Gasteiger partial charge in [0, 0.05) is 41.1 Å². The second-order valence-electron chi connectivity index (χ2n) is 9.49. The lowest BCUT2D eigenvalue weighted by Gasteiger charge is -2.29. The summed E-state index contributed by atoms with van der Waals surface area (Å²) in [5, 5.41) is 16.9. The number of fused-ring (bicyclic) bond motifs is 1. The molecular formula is C25H33N3O4. The molecule has 32 heavy (non-hydrogen) atoms. The van der Waals surface area contributed by atoms with Crippen LogP contribution in [0.25, 0.3) is 17.0 Å². The highest BCUT2D eigenvalue weighted by atomic mass is 16.5. The minimum atomic E-state index is -0.695. The van der Waals surface area contributed by atoms with Gasteiger partial charge in [-0.05, 0) is 44.5 Å². The molecule has 0 spiro atoms. The van der Waals surface area contributed by atoms with E-state index in [1.54, 1.807) is 20.1 Å². The Kier molecular flexibility index (Phi) is 6.36. The number of carbonyl (C=O) groups is 2. The van der Waals surface area contributed by atoms with Crippen molar-refractivity contribution in [1.82, 2.24) is 15.6 Å². The van der Waals surface area contributed by atoms with Crippen molar-refractivity contribution in [3.05, 3.63) is 53.4 Å². The lowest BCUT2D eigenvalue weighted by atomic mass is 9.86. The average molecular weight is 440 g/mol. The number of hydrogen-bond donors (Lipinski definition) is 4. The molecule has 1 fully saturated rings. The molecule has 2 amide bonds. The van der Waals surface area contributed by atoms with Crippen molar-refractivity contribution in [3.63, 3.8) is 0 Å². The molecule has 2 atom stereocenters. The van der Waals surface area contributed by atoms with E-state index in [1.807, 2.05) is 52.0 Å². The number of piperazine rings is 1. The van der Waals surface area contributed by atoms with Crippen LogP contribution in [0.5, 0.6) is 0 Å². The van der Waals surface area contributed by atoms with Crippen LogP contribution in [0.15, 0.2) is 36.6 Å². The van der Waals surface area contributed by atoms with Crippen LogP contribution in [0, 0.1) is 0 Å². The van der Waals surface area contributed by atoms with Gasteiger partial charge in [0.1, 0.15) is 11.7 Å². The van der Waals surface area contributed by atoms with Gasteiger partial charge in [0.05, 0.1) is 11.7 Å². The number of amides is 2. The Bertz CT molecular complexity index is 1090. The molecule has 0 radical (unpaired) electrons. The van der Waals surface area contributed by atoms with E-state index in [0.29, 0.717) is 6.42 Å². The Morgan fingerprint density at radius 2 is 1.94 bits per heavy atom. The van der Waals surface area contributed by atoms with Crippen molar-refractivity contribution in [2.24, 2.45) is 0 Å². The van der Waals surface area contributed by atoms with Crippen LogP contribution in [0.2, 0.25) is 0 Å². The van der Waals surface area contributed by atoms with Crippen LogP contribution in [0.4, 0.5) is 0 Å². The Labute approximate surface area is 188 Å². The molecule has 3 rings (SSSR count). The molecule has 0 saturated carbocycles. The maximum atomic E-state index is 12.5. The molecule has 0 bridgehead atoms. The van der Waals surface area contributed by atoms with E-state index in [1.165, 1.54) is 0 Å². The fourth-order valence-corrected chi connectivity index (χ4v) is 3.64. The summed E-state index contributed by atoms with van der Waals surface area (Å²) < 4.78 is 5.42. The summed E-state index contributed by atoms with van der Waals surface area (Å²) in [5.41, 5.74) is 2.60. The first-order valence-electron chi connectivity index (χ1n) is 10.7. The smallest absolute Gasteiger partial charge is 0.268 e. The molecular weight excluding hydrogens is 406 g/mol. The van der Waals surface area contributed by atoms with Gasteiger partial charge < -0.3 is 25.5 Å². The van der Waals surface area contributed by atoms with E-state index in [9.17, 15) is 14.7 Å². The molecule has 4 N–H and O–H groups in total. The third-order valence-corrected chi connectivity index (χ3v) is 6.35. The van der Waals surface area contributed by atoms with Crippen LogP contribution in [-0.2, 0) is 26.2 Å². The van der Waals surface area contributed by atoms with E-state index in [2.05, 4.69) is 22.2 Å². The molecule has 172 valence electrons. The van der Waals surface area contributed by atoms with Gasteiger partial charge in [-0.15, -0.1) is 6.58 Å². The number of nitrogens with one attached hydrogen (secondary N) is 3. The number of allylic oxidation sites excluding steroid dienone is 1. The fraction of sp³-hybridized carbons (Fsp3) is 0.440. The summed E-state index contributed by atoms with van der Waals surface area (Å²) in [6.07, 6.45) is 3.26. The number of H-pyrrole nitrogens is 1. The van der Waals surface area contributed by atoms with Crippen molar-refractivity contribution in [1.29, 1.82) is 0 Å². The number of aliphatic hydroxyl groups excluding tert-OH is 1. The van der Waals surface area contributed by atoms with Crippen molar-refractivity contribution >= 4 is 28.8 Å². The predicted octanol–water partition coefficient (Wildman–Crippen LogP) is 2.94. The monoisotopic (exact) mass is 439 g/mol. The number of aliphatic hydroxyl groups is 1. The van der Waals surface area contributed by atoms with E-state index in [0.717, 1.165) is 27.7 Å². The zero-order chi connectivity index (χ0) is 23.8. The molecule has 0 aliphatic carbocycles. The van der Waals surface area contributed by atoms with E-state index in [4.69, 9.17) is 4.74 Å². The second kappa shape index (κ2) is 8.56. The molecule has 1 aromatic carbocycles. The highest BCUT2D eigenvalue weighted by molar-refractivity contribution is 6.08. The summed E-state index contributed by atoms with van der Waals surface area (Å²) in [6.45, 7) is 13.3. The lowest BCUT2D eigenvalue weighted by Crippen LogP contribution is -2.53. The summed E-state index contributed by atoms with van der Waals surface area (Å²) in [4.78, 5) is 28.1. The first-order valence-corrected chi connectivity index (χ1v) is 10.7. The number of carbonyl (C=O) groups excluding carboxylic acids is 2. The summed E-state index contributed by atoms with van der Waals surface area (Å²) in [6, 6.07) is 5.35. The summed E-state index contributed by atoms with van der Waals surface area (Å²) in [5.74, 6) is -0.590. The number of ether oxygens (including phenoxy) is 1. The van der Waals surface area contributed by atoms with Gasteiger partial charge >= 0.3 is 0 Å². The van der Waals surface area contributed by atoms with Gasteiger partial charge in [-0.25, -0.2) is 0 Å². The number of methoxy groups -OCH3 is 1. The quantitative estimate of drug-likeness (QED) is 0.393. The first kappa shape index (κ1) is 23.8. The maximum Gasteiger partial charge on any atom is 0.268 e. The van der Waals surface area contributed by atoms with E-state index >= 15 is 0 Å². The topological polar surface area (TPSA) is 103 Å². The minimum absolute atomic E-state index is 0.195. The molecule has 0 unspecified atom stereocenters. The Morgan fingerprint density at radius 3 is 2.56 bits per heavy atom. The summed E-state index contributed by atoms with van der Waals surface area (Å²) >= 11 is 0. The molecule has 1 aliphatic heterocycles. The van der Waals surface area contributed by atoms with Crippen LogP contribution in [0.1, 0.15) is 51.4 Å². The van der Waals surface area contributed by atoms with E-state index in [-0.39, 0.29) is 17.5 Å². The lowest BCUT2D eigenvalue weighted by molar-refractivity contribution is -0.130. The molecule has 1 aromatic heterocycles.